The average Bonchev–Trinajstić information content (AvgIpc) is 3.21. The number of benzene rings is 2. The molecular weight excluding hydrogens is 405 g/mol. The maximum atomic E-state index is 13.1. The number of likely N-dealkylation sites (tertiary alicyclic amines) is 1. The van der Waals surface area contributed by atoms with Crippen LogP contribution >= 0.6 is 0 Å². The van der Waals surface area contributed by atoms with Crippen LogP contribution in [0.25, 0.3) is 0 Å². The van der Waals surface area contributed by atoms with E-state index in [9.17, 15) is 9.50 Å². The zero-order chi connectivity index (χ0) is 22.1. The molecule has 1 aromatic heterocycles. The van der Waals surface area contributed by atoms with Crippen molar-refractivity contribution < 1.29 is 14.2 Å². The molecule has 2 unspecified atom stereocenters. The lowest BCUT2D eigenvalue weighted by atomic mass is 9.65. The standard InChI is InChI=1S/C26H30FN3O2/c1-29-13-12-28-25(29)26(31)21-5-3-6-22(26)17-30(16-21)15-20-4-2-7-24(14-20)32-18-19-8-10-23(27)11-9-19/h2,4,7-14,21-22,31H,3,5-6,15-18H2,1H3. The molecule has 2 atom stereocenters. The van der Waals surface area contributed by atoms with Crippen molar-refractivity contribution >= 4 is 0 Å². The number of piperidine rings is 1. The van der Waals surface area contributed by atoms with Gasteiger partial charge in [0.25, 0.3) is 0 Å². The van der Waals surface area contributed by atoms with E-state index < -0.39 is 5.60 Å². The van der Waals surface area contributed by atoms with Gasteiger partial charge < -0.3 is 14.4 Å². The zero-order valence-electron chi connectivity index (χ0n) is 18.5. The maximum absolute atomic E-state index is 13.1. The van der Waals surface area contributed by atoms with Crippen molar-refractivity contribution in [2.75, 3.05) is 13.1 Å². The van der Waals surface area contributed by atoms with Crippen LogP contribution in [0.15, 0.2) is 60.9 Å². The molecule has 0 radical (unpaired) electrons. The van der Waals surface area contributed by atoms with Crippen LogP contribution in [0, 0.1) is 17.7 Å². The number of hydrogen-bond donors (Lipinski definition) is 1. The van der Waals surface area contributed by atoms with Gasteiger partial charge in [-0.1, -0.05) is 30.7 Å². The molecule has 32 heavy (non-hydrogen) atoms. The highest BCUT2D eigenvalue weighted by molar-refractivity contribution is 5.29. The van der Waals surface area contributed by atoms with Crippen LogP contribution in [0.2, 0.25) is 0 Å². The van der Waals surface area contributed by atoms with Gasteiger partial charge in [-0.2, -0.15) is 0 Å². The van der Waals surface area contributed by atoms with E-state index in [-0.39, 0.29) is 17.7 Å². The van der Waals surface area contributed by atoms with E-state index in [0.29, 0.717) is 6.61 Å². The summed E-state index contributed by atoms with van der Waals surface area (Å²) in [5.41, 5.74) is 1.30. The average molecular weight is 436 g/mol. The summed E-state index contributed by atoms with van der Waals surface area (Å²) in [5.74, 6) is 1.76. The first-order chi connectivity index (χ1) is 15.5. The Morgan fingerprint density at radius 1 is 1.09 bits per heavy atom. The Bertz CT molecular complexity index is 1050. The fourth-order valence-corrected chi connectivity index (χ4v) is 5.53. The van der Waals surface area contributed by atoms with Gasteiger partial charge in [-0.15, -0.1) is 0 Å². The van der Waals surface area contributed by atoms with Crippen LogP contribution in [-0.2, 0) is 25.8 Å². The Morgan fingerprint density at radius 3 is 2.53 bits per heavy atom. The largest absolute Gasteiger partial charge is 0.489 e. The topological polar surface area (TPSA) is 50.5 Å². The van der Waals surface area contributed by atoms with Crippen molar-refractivity contribution in [3.63, 3.8) is 0 Å². The van der Waals surface area contributed by atoms with Crippen LogP contribution in [-0.4, -0.2) is 32.6 Å². The lowest BCUT2D eigenvalue weighted by molar-refractivity contribution is -0.155. The van der Waals surface area contributed by atoms with Gasteiger partial charge in [0.1, 0.15) is 29.6 Å². The minimum Gasteiger partial charge on any atom is -0.489 e. The highest BCUT2D eigenvalue weighted by Crippen LogP contribution is 2.48. The fourth-order valence-electron chi connectivity index (χ4n) is 5.53. The number of imidazole rings is 1. The molecule has 1 saturated carbocycles. The number of halogens is 1. The van der Waals surface area contributed by atoms with Gasteiger partial charge in [0.15, 0.2) is 0 Å². The third-order valence-electron chi connectivity index (χ3n) is 7.11. The molecule has 1 saturated heterocycles. The summed E-state index contributed by atoms with van der Waals surface area (Å²) in [4.78, 5) is 6.98. The van der Waals surface area contributed by atoms with Crippen molar-refractivity contribution in [3.05, 3.63) is 83.7 Å². The molecule has 5 nitrogen and oxygen atoms in total. The van der Waals surface area contributed by atoms with Gasteiger partial charge in [0.2, 0.25) is 0 Å². The summed E-state index contributed by atoms with van der Waals surface area (Å²) in [7, 11) is 1.97. The molecule has 1 N–H and O–H groups in total. The number of aromatic nitrogens is 2. The second-order valence-electron chi connectivity index (χ2n) is 9.27. The predicted molar refractivity (Wildman–Crippen MR) is 120 cm³/mol. The van der Waals surface area contributed by atoms with E-state index in [2.05, 4.69) is 22.0 Å². The molecule has 3 aromatic rings. The number of nitrogens with zero attached hydrogens (tertiary/aromatic N) is 3. The number of hydrogen-bond acceptors (Lipinski definition) is 4. The van der Waals surface area contributed by atoms with Gasteiger partial charge in [-0.25, -0.2) is 9.37 Å². The molecule has 6 heteroatoms. The second-order valence-corrected chi connectivity index (χ2v) is 9.27. The first-order valence-corrected chi connectivity index (χ1v) is 11.4. The van der Waals surface area contributed by atoms with Crippen LogP contribution in [0.1, 0.15) is 36.2 Å². The minimum absolute atomic E-state index is 0.189. The molecule has 0 amide bonds. The number of aliphatic hydroxyl groups is 1. The van der Waals surface area contributed by atoms with E-state index in [1.807, 2.05) is 29.9 Å². The molecule has 0 spiro atoms. The summed E-state index contributed by atoms with van der Waals surface area (Å²) in [5, 5.41) is 11.8. The van der Waals surface area contributed by atoms with Crippen molar-refractivity contribution in [3.8, 4) is 5.75 Å². The van der Waals surface area contributed by atoms with Crippen LogP contribution in [0.5, 0.6) is 5.75 Å². The molecule has 5 rings (SSSR count). The minimum atomic E-state index is -0.840. The van der Waals surface area contributed by atoms with E-state index in [1.165, 1.54) is 24.1 Å². The quantitative estimate of drug-likeness (QED) is 0.629. The van der Waals surface area contributed by atoms with E-state index in [1.54, 1.807) is 18.3 Å². The SMILES string of the molecule is Cn1ccnc1C1(O)C2CCCC1CN(Cc1cccc(OCc3ccc(F)cc3)c1)C2. The van der Waals surface area contributed by atoms with Crippen molar-refractivity contribution in [2.24, 2.45) is 18.9 Å². The smallest absolute Gasteiger partial charge is 0.141 e. The van der Waals surface area contributed by atoms with Crippen molar-refractivity contribution in [1.29, 1.82) is 0 Å². The molecule has 2 aromatic carbocycles. The zero-order valence-corrected chi connectivity index (χ0v) is 18.5. The summed E-state index contributed by atoms with van der Waals surface area (Å²) in [6, 6.07) is 14.6. The Morgan fingerprint density at radius 2 is 1.84 bits per heavy atom. The van der Waals surface area contributed by atoms with Gasteiger partial charge in [-0.3, -0.25) is 4.90 Å². The Kier molecular flexibility index (Phi) is 5.74. The Balaban J connectivity index is 1.26. The third-order valence-corrected chi connectivity index (χ3v) is 7.11. The number of aryl methyl sites for hydroxylation is 1. The summed E-state index contributed by atoms with van der Waals surface area (Å²) in [6.45, 7) is 2.97. The molecule has 2 bridgehead atoms. The molecule has 1 aliphatic heterocycles. The molecule has 1 aliphatic carbocycles. The Hall–Kier alpha value is -2.70. The van der Waals surface area contributed by atoms with Crippen LogP contribution in [0.3, 0.4) is 0 Å². The lowest BCUT2D eigenvalue weighted by Gasteiger charge is -2.52. The van der Waals surface area contributed by atoms with Crippen LogP contribution < -0.4 is 4.74 Å². The van der Waals surface area contributed by atoms with Crippen molar-refractivity contribution in [2.45, 2.75) is 38.0 Å². The molecular formula is C26H30FN3O2. The summed E-state index contributed by atoms with van der Waals surface area (Å²) < 4.78 is 21.0. The highest BCUT2D eigenvalue weighted by atomic mass is 19.1. The first-order valence-electron chi connectivity index (χ1n) is 11.4. The van der Waals surface area contributed by atoms with E-state index in [4.69, 9.17) is 4.74 Å². The third kappa shape index (κ3) is 4.05. The van der Waals surface area contributed by atoms with Crippen molar-refractivity contribution in [1.82, 2.24) is 14.5 Å². The molecule has 2 heterocycles. The summed E-state index contributed by atoms with van der Waals surface area (Å²) in [6.07, 6.45) is 6.93. The normalized spacial score (nSPS) is 25.6. The number of fused-ring (bicyclic) bond motifs is 2. The first kappa shape index (κ1) is 21.2. The number of rotatable bonds is 6. The maximum Gasteiger partial charge on any atom is 0.141 e. The Labute approximate surface area is 188 Å². The predicted octanol–water partition coefficient (Wildman–Crippen LogP) is 4.26. The van der Waals surface area contributed by atoms with E-state index in [0.717, 1.165) is 49.6 Å². The van der Waals surface area contributed by atoms with Gasteiger partial charge >= 0.3 is 0 Å². The molecule has 2 fully saturated rings. The van der Waals surface area contributed by atoms with Gasteiger partial charge in [0.05, 0.1) is 0 Å². The molecule has 2 aliphatic rings. The monoisotopic (exact) mass is 435 g/mol. The number of ether oxygens (including phenoxy) is 1. The fraction of sp³-hybridized carbons (Fsp3) is 0.423. The highest BCUT2D eigenvalue weighted by Gasteiger charge is 2.53. The molecule has 168 valence electrons. The van der Waals surface area contributed by atoms with Gasteiger partial charge in [0, 0.05) is 50.9 Å². The lowest BCUT2D eigenvalue weighted by Crippen LogP contribution is -2.58. The second kappa shape index (κ2) is 8.68. The van der Waals surface area contributed by atoms with Gasteiger partial charge in [-0.05, 0) is 48.2 Å². The van der Waals surface area contributed by atoms with Crippen LogP contribution in [0.4, 0.5) is 4.39 Å². The van der Waals surface area contributed by atoms with E-state index >= 15 is 0 Å². The summed E-state index contributed by atoms with van der Waals surface area (Å²) >= 11 is 0.